The molecule has 16 heavy (non-hydrogen) atoms. The molecule has 90 valence electrons. The number of nitrogens with one attached hydrogen (secondary N) is 1. The van der Waals surface area contributed by atoms with Gasteiger partial charge >= 0.3 is 0 Å². The topological polar surface area (TPSA) is 33.1 Å². The van der Waals surface area contributed by atoms with Gasteiger partial charge in [0.15, 0.2) is 0 Å². The summed E-state index contributed by atoms with van der Waals surface area (Å²) in [6.07, 6.45) is 6.77. The lowest BCUT2D eigenvalue weighted by Gasteiger charge is -2.38. The summed E-state index contributed by atoms with van der Waals surface area (Å²) in [4.78, 5) is 2.46. The quantitative estimate of drug-likeness (QED) is 0.829. The summed E-state index contributed by atoms with van der Waals surface area (Å²) >= 11 is 0. The highest BCUT2D eigenvalue weighted by atomic mass is 15.2. The fraction of sp³-hybridized carbons (Fsp3) is 0.750. The van der Waals surface area contributed by atoms with Crippen molar-refractivity contribution in [3.8, 4) is 0 Å². The third-order valence-electron chi connectivity index (χ3n) is 3.54. The first-order valence-corrected chi connectivity index (χ1v) is 6.05. The second-order valence-electron chi connectivity index (χ2n) is 4.83. The molecule has 0 aliphatic carbocycles. The van der Waals surface area contributed by atoms with E-state index in [0.717, 1.165) is 6.54 Å². The first-order valence-electron chi connectivity index (χ1n) is 6.05. The van der Waals surface area contributed by atoms with Gasteiger partial charge in [-0.25, -0.2) is 0 Å². The third-order valence-corrected chi connectivity index (χ3v) is 3.54. The van der Waals surface area contributed by atoms with E-state index in [4.69, 9.17) is 0 Å². The first-order chi connectivity index (χ1) is 7.72. The summed E-state index contributed by atoms with van der Waals surface area (Å²) in [5.41, 5.74) is 1.35. The van der Waals surface area contributed by atoms with Crippen LogP contribution in [0.4, 0.5) is 0 Å². The average molecular weight is 222 g/mol. The zero-order chi connectivity index (χ0) is 11.5. The lowest BCUT2D eigenvalue weighted by atomic mass is 9.86. The van der Waals surface area contributed by atoms with E-state index in [-0.39, 0.29) is 0 Å². The lowest BCUT2D eigenvalue weighted by molar-refractivity contribution is 0.121. The largest absolute Gasteiger partial charge is 0.319 e. The fourth-order valence-corrected chi connectivity index (χ4v) is 2.86. The molecule has 1 aliphatic heterocycles. The molecule has 4 nitrogen and oxygen atoms in total. The molecule has 0 aromatic carbocycles. The van der Waals surface area contributed by atoms with E-state index in [0.29, 0.717) is 12.0 Å². The molecule has 1 N–H and O–H groups in total. The number of aryl methyl sites for hydroxylation is 1. The number of likely N-dealkylation sites (tertiary alicyclic amines) is 1. The zero-order valence-electron chi connectivity index (χ0n) is 10.5. The van der Waals surface area contributed by atoms with Crippen molar-refractivity contribution in [1.29, 1.82) is 0 Å². The molecular weight excluding hydrogens is 200 g/mol. The van der Waals surface area contributed by atoms with Gasteiger partial charge in [0, 0.05) is 24.8 Å². The second-order valence-corrected chi connectivity index (χ2v) is 4.83. The van der Waals surface area contributed by atoms with Crippen LogP contribution in [-0.4, -0.2) is 41.9 Å². The average Bonchev–Trinajstić information content (AvgIpc) is 2.65. The zero-order valence-corrected chi connectivity index (χ0v) is 10.5. The van der Waals surface area contributed by atoms with E-state index in [9.17, 15) is 0 Å². The smallest absolute Gasteiger partial charge is 0.0537 e. The molecule has 1 aliphatic rings. The first kappa shape index (κ1) is 11.6. The van der Waals surface area contributed by atoms with Crippen molar-refractivity contribution in [2.24, 2.45) is 13.0 Å². The molecule has 0 spiro atoms. The summed E-state index contributed by atoms with van der Waals surface area (Å²) in [6, 6.07) is 0.523. The normalized spacial score (nSPS) is 27.2. The molecule has 1 aromatic rings. The van der Waals surface area contributed by atoms with Gasteiger partial charge in [-0.3, -0.25) is 9.58 Å². The van der Waals surface area contributed by atoms with Crippen molar-refractivity contribution in [1.82, 2.24) is 20.0 Å². The van der Waals surface area contributed by atoms with Gasteiger partial charge in [-0.2, -0.15) is 5.10 Å². The third kappa shape index (κ3) is 2.28. The molecule has 0 radical (unpaired) electrons. The summed E-state index contributed by atoms with van der Waals surface area (Å²) in [5, 5.41) is 7.60. The monoisotopic (exact) mass is 222 g/mol. The maximum atomic E-state index is 4.29. The molecule has 0 unspecified atom stereocenters. The molecule has 4 heteroatoms. The number of piperidine rings is 1. The summed E-state index contributed by atoms with van der Waals surface area (Å²) in [5.74, 6) is 0.702. The van der Waals surface area contributed by atoms with Crippen molar-refractivity contribution in [3.05, 3.63) is 18.0 Å². The van der Waals surface area contributed by atoms with E-state index in [2.05, 4.69) is 28.6 Å². The number of hydrogen-bond donors (Lipinski definition) is 1. The number of nitrogens with zero attached hydrogens (tertiary/aromatic N) is 3. The van der Waals surface area contributed by atoms with Crippen molar-refractivity contribution in [3.63, 3.8) is 0 Å². The van der Waals surface area contributed by atoms with E-state index in [1.165, 1.54) is 24.9 Å². The Labute approximate surface area is 97.6 Å². The Morgan fingerprint density at radius 1 is 1.50 bits per heavy atom. The van der Waals surface area contributed by atoms with Gasteiger partial charge in [0.1, 0.15) is 0 Å². The predicted molar refractivity (Wildman–Crippen MR) is 65.2 cm³/mol. The van der Waals surface area contributed by atoms with Crippen LogP contribution < -0.4 is 5.32 Å². The molecule has 0 saturated carbocycles. The maximum Gasteiger partial charge on any atom is 0.0537 e. The minimum absolute atomic E-state index is 0.523. The highest BCUT2D eigenvalue weighted by molar-refractivity contribution is 5.13. The van der Waals surface area contributed by atoms with E-state index in [1.807, 2.05) is 25.0 Å². The Hall–Kier alpha value is -0.870. The summed E-state index contributed by atoms with van der Waals surface area (Å²) in [6.45, 7) is 2.28. The van der Waals surface area contributed by atoms with Crippen LogP contribution in [0.15, 0.2) is 12.4 Å². The van der Waals surface area contributed by atoms with Gasteiger partial charge in [-0.05, 0) is 45.9 Å². The van der Waals surface area contributed by atoms with Crippen molar-refractivity contribution < 1.29 is 0 Å². The van der Waals surface area contributed by atoms with Gasteiger partial charge in [0.25, 0.3) is 0 Å². The Morgan fingerprint density at radius 3 is 2.94 bits per heavy atom. The summed E-state index contributed by atoms with van der Waals surface area (Å²) in [7, 11) is 6.24. The minimum atomic E-state index is 0.523. The van der Waals surface area contributed by atoms with Crippen LogP contribution >= 0.6 is 0 Å². The highest BCUT2D eigenvalue weighted by Gasteiger charge is 2.30. The van der Waals surface area contributed by atoms with Gasteiger partial charge < -0.3 is 5.32 Å². The Balaban J connectivity index is 2.18. The van der Waals surface area contributed by atoms with Crippen LogP contribution in [0.3, 0.4) is 0 Å². The van der Waals surface area contributed by atoms with Crippen molar-refractivity contribution in [2.75, 3.05) is 27.2 Å². The molecule has 0 bridgehead atoms. The standard InChI is InChI=1S/C12H22N4/c1-13-7-10-5-4-6-15(2)12(10)11-8-14-16(3)9-11/h8-10,12-13H,4-7H2,1-3H3/t10-,12-/m0/s1. The molecule has 1 saturated heterocycles. The summed E-state index contributed by atoms with van der Waals surface area (Å²) < 4.78 is 1.90. The van der Waals surface area contributed by atoms with Crippen LogP contribution in [-0.2, 0) is 7.05 Å². The Kier molecular flexibility index (Phi) is 3.61. The number of hydrogen-bond acceptors (Lipinski definition) is 3. The number of aromatic nitrogens is 2. The minimum Gasteiger partial charge on any atom is -0.319 e. The molecule has 2 heterocycles. The predicted octanol–water partition coefficient (Wildman–Crippen LogP) is 1.02. The van der Waals surface area contributed by atoms with Crippen LogP contribution in [0.1, 0.15) is 24.4 Å². The second kappa shape index (κ2) is 4.97. The maximum absolute atomic E-state index is 4.29. The van der Waals surface area contributed by atoms with Crippen LogP contribution in [0, 0.1) is 5.92 Å². The van der Waals surface area contributed by atoms with E-state index < -0.39 is 0 Å². The van der Waals surface area contributed by atoms with Gasteiger partial charge in [0.2, 0.25) is 0 Å². The molecule has 2 rings (SSSR count). The van der Waals surface area contributed by atoms with Crippen LogP contribution in [0.2, 0.25) is 0 Å². The molecule has 0 amide bonds. The lowest BCUT2D eigenvalue weighted by Crippen LogP contribution is -2.39. The molecule has 1 fully saturated rings. The highest BCUT2D eigenvalue weighted by Crippen LogP contribution is 2.34. The fourth-order valence-electron chi connectivity index (χ4n) is 2.86. The Bertz CT molecular complexity index is 332. The SMILES string of the molecule is CNC[C@@H]1CCCN(C)[C@@H]1c1cnn(C)c1. The van der Waals surface area contributed by atoms with Crippen molar-refractivity contribution in [2.45, 2.75) is 18.9 Å². The Morgan fingerprint density at radius 2 is 2.31 bits per heavy atom. The van der Waals surface area contributed by atoms with Gasteiger partial charge in [-0.1, -0.05) is 0 Å². The van der Waals surface area contributed by atoms with E-state index in [1.54, 1.807) is 0 Å². The van der Waals surface area contributed by atoms with Gasteiger partial charge in [-0.15, -0.1) is 0 Å². The molecule has 2 atom stereocenters. The van der Waals surface area contributed by atoms with Crippen molar-refractivity contribution >= 4 is 0 Å². The number of rotatable bonds is 3. The van der Waals surface area contributed by atoms with Crippen LogP contribution in [0.25, 0.3) is 0 Å². The molecular formula is C12H22N4. The van der Waals surface area contributed by atoms with Gasteiger partial charge in [0.05, 0.1) is 6.20 Å². The van der Waals surface area contributed by atoms with E-state index >= 15 is 0 Å². The molecule has 1 aromatic heterocycles. The van der Waals surface area contributed by atoms with Crippen LogP contribution in [0.5, 0.6) is 0 Å².